The predicted octanol–water partition coefficient (Wildman–Crippen LogP) is 0.670. The lowest BCUT2D eigenvalue weighted by Crippen LogP contribution is -2.28. The maximum atomic E-state index is 12.8. The van der Waals surface area contributed by atoms with Gasteiger partial charge in [0.1, 0.15) is 0 Å². The summed E-state index contributed by atoms with van der Waals surface area (Å²) in [5.74, 6) is -2.50. The van der Waals surface area contributed by atoms with Gasteiger partial charge in [-0.05, 0) is 18.2 Å². The van der Waals surface area contributed by atoms with E-state index in [9.17, 15) is 13.6 Å². The molecule has 1 aromatic rings. The normalized spacial score (nSPS) is 10.3. The molecule has 0 saturated heterocycles. The third-order valence-corrected chi connectivity index (χ3v) is 1.98. The van der Waals surface area contributed by atoms with Gasteiger partial charge >= 0.3 is 0 Å². The van der Waals surface area contributed by atoms with Crippen LogP contribution in [0.15, 0.2) is 18.2 Å². The van der Waals surface area contributed by atoms with E-state index in [2.05, 4.69) is 5.32 Å². The summed E-state index contributed by atoms with van der Waals surface area (Å²) in [6, 6.07) is 2.98. The Hall–Kier alpha value is -1.53. The molecule has 0 atom stereocenters. The van der Waals surface area contributed by atoms with E-state index in [0.29, 0.717) is 19.8 Å². The van der Waals surface area contributed by atoms with Crippen molar-refractivity contribution in [1.29, 1.82) is 0 Å². The van der Waals surface area contributed by atoms with Gasteiger partial charge in [-0.15, -0.1) is 0 Å². The molecule has 0 fully saturated rings. The fraction of sp³-hybridized carbons (Fsp3) is 0.364. The van der Waals surface area contributed by atoms with Crippen molar-refractivity contribution in [2.45, 2.75) is 0 Å². The average Bonchev–Trinajstić information content (AvgIpc) is 2.32. The van der Waals surface area contributed by atoms with Crippen LogP contribution in [0.1, 0.15) is 10.4 Å². The zero-order valence-corrected chi connectivity index (χ0v) is 9.21. The van der Waals surface area contributed by atoms with E-state index in [1.165, 1.54) is 6.07 Å². The van der Waals surface area contributed by atoms with Crippen molar-refractivity contribution in [2.75, 3.05) is 26.3 Å². The van der Waals surface area contributed by atoms with Gasteiger partial charge in [-0.3, -0.25) is 4.79 Å². The molecule has 0 spiro atoms. The van der Waals surface area contributed by atoms with E-state index < -0.39 is 17.5 Å². The van der Waals surface area contributed by atoms with Crippen LogP contribution in [0.4, 0.5) is 8.78 Å². The third-order valence-electron chi connectivity index (χ3n) is 1.98. The molecule has 3 N–H and O–H groups in total. The maximum absolute atomic E-state index is 12.8. The van der Waals surface area contributed by atoms with Crippen LogP contribution in [-0.4, -0.2) is 32.2 Å². The molecule has 0 radical (unpaired) electrons. The Morgan fingerprint density at radius 2 is 2.06 bits per heavy atom. The Bertz CT molecular complexity index is 386. The first kappa shape index (κ1) is 13.5. The zero-order chi connectivity index (χ0) is 12.7. The maximum Gasteiger partial charge on any atom is 0.251 e. The van der Waals surface area contributed by atoms with E-state index in [4.69, 9.17) is 10.5 Å². The number of nitrogens with two attached hydrogens (primary N) is 1. The van der Waals surface area contributed by atoms with Crippen molar-refractivity contribution in [3.8, 4) is 0 Å². The molecule has 4 nitrogen and oxygen atoms in total. The third kappa shape index (κ3) is 4.46. The van der Waals surface area contributed by atoms with Gasteiger partial charge in [-0.2, -0.15) is 0 Å². The van der Waals surface area contributed by atoms with Crippen LogP contribution in [0.2, 0.25) is 0 Å². The molecule has 94 valence electrons. The van der Waals surface area contributed by atoms with Gasteiger partial charge in [0.05, 0.1) is 13.2 Å². The Labute approximate surface area is 97.8 Å². The quantitative estimate of drug-likeness (QED) is 0.723. The number of carbonyl (C=O) groups excluding carboxylic acids is 1. The van der Waals surface area contributed by atoms with Gasteiger partial charge in [-0.1, -0.05) is 0 Å². The second-order valence-corrected chi connectivity index (χ2v) is 3.29. The number of amides is 1. The van der Waals surface area contributed by atoms with Crippen LogP contribution in [0.25, 0.3) is 0 Å². The number of benzene rings is 1. The minimum absolute atomic E-state index is 0.0720. The summed E-state index contributed by atoms with van der Waals surface area (Å²) in [6.45, 7) is 1.45. The van der Waals surface area contributed by atoms with E-state index in [1.54, 1.807) is 0 Å². The highest BCUT2D eigenvalue weighted by atomic mass is 19.2. The Morgan fingerprint density at radius 1 is 1.29 bits per heavy atom. The highest BCUT2D eigenvalue weighted by Gasteiger charge is 2.08. The molecule has 1 rings (SSSR count). The fourth-order valence-electron chi connectivity index (χ4n) is 1.16. The second-order valence-electron chi connectivity index (χ2n) is 3.29. The summed E-state index contributed by atoms with van der Waals surface area (Å²) in [4.78, 5) is 11.5. The molecule has 1 amide bonds. The Balaban J connectivity index is 2.39. The minimum Gasteiger partial charge on any atom is -0.378 e. The lowest BCUT2D eigenvalue weighted by Gasteiger charge is -2.06. The Kier molecular flexibility index (Phi) is 5.51. The smallest absolute Gasteiger partial charge is 0.251 e. The molecule has 6 heteroatoms. The lowest BCUT2D eigenvalue weighted by molar-refractivity contribution is 0.0919. The van der Waals surface area contributed by atoms with Gasteiger partial charge in [0.15, 0.2) is 11.6 Å². The number of halogens is 2. The first-order valence-electron chi connectivity index (χ1n) is 5.16. The van der Waals surface area contributed by atoms with Crippen LogP contribution < -0.4 is 11.1 Å². The molecular weight excluding hydrogens is 230 g/mol. The summed E-state index contributed by atoms with van der Waals surface area (Å²) in [6.07, 6.45) is 0. The minimum atomic E-state index is -1.04. The lowest BCUT2D eigenvalue weighted by atomic mass is 10.2. The summed E-state index contributed by atoms with van der Waals surface area (Å²) < 4.78 is 30.5. The van der Waals surface area contributed by atoms with Crippen molar-refractivity contribution < 1.29 is 18.3 Å². The first-order chi connectivity index (χ1) is 8.15. The number of carbonyl (C=O) groups is 1. The molecule has 0 aliphatic rings. The highest BCUT2D eigenvalue weighted by molar-refractivity contribution is 5.94. The van der Waals surface area contributed by atoms with E-state index >= 15 is 0 Å². The van der Waals surface area contributed by atoms with Gasteiger partial charge in [0, 0.05) is 18.7 Å². The number of nitrogens with one attached hydrogen (secondary N) is 1. The summed E-state index contributed by atoms with van der Waals surface area (Å²) >= 11 is 0. The van der Waals surface area contributed by atoms with E-state index in [1.807, 2.05) is 0 Å². The van der Waals surface area contributed by atoms with Crippen molar-refractivity contribution >= 4 is 5.91 Å². The molecule has 0 bridgehead atoms. The number of ether oxygens (including phenoxy) is 1. The topological polar surface area (TPSA) is 64.3 Å². The molecular formula is C11H14F2N2O2. The molecule has 17 heavy (non-hydrogen) atoms. The van der Waals surface area contributed by atoms with Crippen LogP contribution >= 0.6 is 0 Å². The van der Waals surface area contributed by atoms with Crippen LogP contribution in [0.5, 0.6) is 0 Å². The zero-order valence-electron chi connectivity index (χ0n) is 9.21. The molecule has 0 aromatic heterocycles. The van der Waals surface area contributed by atoms with Crippen LogP contribution in [-0.2, 0) is 4.74 Å². The van der Waals surface area contributed by atoms with Gasteiger partial charge < -0.3 is 15.8 Å². The van der Waals surface area contributed by atoms with Crippen LogP contribution in [0, 0.1) is 11.6 Å². The number of hydrogen-bond donors (Lipinski definition) is 2. The van der Waals surface area contributed by atoms with Crippen molar-refractivity contribution in [2.24, 2.45) is 5.73 Å². The molecule has 1 aromatic carbocycles. The highest BCUT2D eigenvalue weighted by Crippen LogP contribution is 2.08. The van der Waals surface area contributed by atoms with Gasteiger partial charge in [-0.25, -0.2) is 8.78 Å². The molecule has 0 heterocycles. The molecule has 0 aliphatic heterocycles. The second kappa shape index (κ2) is 6.93. The summed E-state index contributed by atoms with van der Waals surface area (Å²) in [5.41, 5.74) is 5.27. The van der Waals surface area contributed by atoms with Crippen LogP contribution in [0.3, 0.4) is 0 Å². The van der Waals surface area contributed by atoms with Gasteiger partial charge in [0.2, 0.25) is 0 Å². The van der Waals surface area contributed by atoms with Crippen molar-refractivity contribution in [3.63, 3.8) is 0 Å². The average molecular weight is 244 g/mol. The fourth-order valence-corrected chi connectivity index (χ4v) is 1.16. The largest absolute Gasteiger partial charge is 0.378 e. The standard InChI is InChI=1S/C11H14F2N2O2/c12-9-2-1-8(7-10(9)13)11(16)15-4-6-17-5-3-14/h1-2,7H,3-6,14H2,(H,15,16). The monoisotopic (exact) mass is 244 g/mol. The summed E-state index contributed by atoms with van der Waals surface area (Å²) in [7, 11) is 0. The number of hydrogen-bond acceptors (Lipinski definition) is 3. The van der Waals surface area contributed by atoms with E-state index in [-0.39, 0.29) is 12.1 Å². The van der Waals surface area contributed by atoms with Crippen molar-refractivity contribution in [3.05, 3.63) is 35.4 Å². The SMILES string of the molecule is NCCOCCNC(=O)c1ccc(F)c(F)c1. The van der Waals surface area contributed by atoms with Crippen molar-refractivity contribution in [1.82, 2.24) is 5.32 Å². The van der Waals surface area contributed by atoms with E-state index in [0.717, 1.165) is 12.1 Å². The molecule has 0 unspecified atom stereocenters. The first-order valence-corrected chi connectivity index (χ1v) is 5.16. The predicted molar refractivity (Wildman–Crippen MR) is 58.6 cm³/mol. The Morgan fingerprint density at radius 3 is 2.71 bits per heavy atom. The summed E-state index contributed by atoms with van der Waals surface area (Å²) in [5, 5.41) is 2.51. The molecule has 0 aliphatic carbocycles. The number of rotatable bonds is 6. The molecule has 0 saturated carbocycles. The van der Waals surface area contributed by atoms with Gasteiger partial charge in [0.25, 0.3) is 5.91 Å².